The Morgan fingerprint density at radius 2 is 1.77 bits per heavy atom. The molecule has 0 heterocycles. The molecule has 0 bridgehead atoms. The predicted octanol–water partition coefficient (Wildman–Crippen LogP) is 1.06. The first-order chi connectivity index (χ1) is 10.1. The molecule has 0 fully saturated rings. The second-order valence-electron chi connectivity index (χ2n) is 5.13. The topological polar surface area (TPSA) is 91.8 Å². The van der Waals surface area contributed by atoms with E-state index in [1.54, 1.807) is 0 Å². The molecule has 0 aromatic heterocycles. The number of hydrogen-bond acceptors (Lipinski definition) is 4. The lowest BCUT2D eigenvalue weighted by Gasteiger charge is -2.21. The summed E-state index contributed by atoms with van der Waals surface area (Å²) in [4.78, 5) is 23.9. The zero-order valence-corrected chi connectivity index (χ0v) is 13.1. The van der Waals surface area contributed by atoms with Gasteiger partial charge in [-0.2, -0.15) is 0 Å². The molecule has 1 aromatic carbocycles. The molecule has 6 nitrogen and oxygen atoms in total. The summed E-state index contributed by atoms with van der Waals surface area (Å²) in [5, 5.41) is 8.13. The maximum atomic E-state index is 12.9. The maximum Gasteiger partial charge on any atom is 0.323 e. The van der Waals surface area contributed by atoms with E-state index in [-0.39, 0.29) is 6.54 Å². The average Bonchev–Trinajstić information content (AvgIpc) is 2.39. The van der Waals surface area contributed by atoms with E-state index < -0.39 is 45.1 Å². The lowest BCUT2D eigenvalue weighted by molar-refractivity contribution is -0.143. The van der Waals surface area contributed by atoms with Crippen LogP contribution in [0.1, 0.15) is 19.4 Å². The molecule has 122 valence electrons. The molecule has 0 spiro atoms. The number of carboxylic acid groups (broad SMARTS) is 1. The second-order valence-corrected chi connectivity index (χ2v) is 7.68. The molecular formula is C14H18FNO5S. The summed E-state index contributed by atoms with van der Waals surface area (Å²) in [7, 11) is -3.62. The van der Waals surface area contributed by atoms with Gasteiger partial charge in [-0.1, -0.05) is 12.1 Å². The number of aliphatic carboxylic acids is 1. The molecule has 1 rings (SSSR count). The van der Waals surface area contributed by atoms with Crippen LogP contribution in [0.25, 0.3) is 0 Å². The van der Waals surface area contributed by atoms with Crippen LogP contribution in [0.4, 0.5) is 4.39 Å². The number of nitrogens with zero attached hydrogens (tertiary/aromatic N) is 1. The van der Waals surface area contributed by atoms with E-state index in [0.29, 0.717) is 5.56 Å². The minimum Gasteiger partial charge on any atom is -0.480 e. The molecule has 0 saturated carbocycles. The zero-order valence-electron chi connectivity index (χ0n) is 12.3. The van der Waals surface area contributed by atoms with Crippen LogP contribution in [0.5, 0.6) is 0 Å². The van der Waals surface area contributed by atoms with Crippen molar-refractivity contribution in [3.05, 3.63) is 35.6 Å². The fourth-order valence-electron chi connectivity index (χ4n) is 1.64. The van der Waals surface area contributed by atoms with Crippen LogP contribution in [0.3, 0.4) is 0 Å². The van der Waals surface area contributed by atoms with Crippen molar-refractivity contribution in [2.24, 2.45) is 0 Å². The van der Waals surface area contributed by atoms with Gasteiger partial charge in [0.25, 0.3) is 0 Å². The zero-order chi connectivity index (χ0) is 16.9. The number of amides is 1. The summed E-state index contributed by atoms with van der Waals surface area (Å²) in [6.45, 7) is 2.18. The SMILES string of the molecule is CC(C)S(=O)(=O)CC(=O)N(CC(=O)O)Cc1ccc(F)cc1. The van der Waals surface area contributed by atoms with Gasteiger partial charge in [-0.15, -0.1) is 0 Å². The number of benzene rings is 1. The Bertz CT molecular complexity index is 640. The van der Waals surface area contributed by atoms with Crippen LogP contribution in [0.15, 0.2) is 24.3 Å². The first-order valence-electron chi connectivity index (χ1n) is 6.57. The van der Waals surface area contributed by atoms with Crippen LogP contribution in [-0.4, -0.2) is 47.8 Å². The van der Waals surface area contributed by atoms with E-state index in [1.807, 2.05) is 0 Å². The van der Waals surface area contributed by atoms with Crippen LogP contribution >= 0.6 is 0 Å². The number of rotatable bonds is 7. The molecule has 0 radical (unpaired) electrons. The average molecular weight is 331 g/mol. The van der Waals surface area contributed by atoms with Crippen molar-refractivity contribution in [2.75, 3.05) is 12.3 Å². The Morgan fingerprint density at radius 3 is 2.23 bits per heavy atom. The number of hydrogen-bond donors (Lipinski definition) is 1. The van der Waals surface area contributed by atoms with Crippen molar-refractivity contribution in [2.45, 2.75) is 25.6 Å². The van der Waals surface area contributed by atoms with Crippen LogP contribution < -0.4 is 0 Å². The van der Waals surface area contributed by atoms with E-state index in [4.69, 9.17) is 5.11 Å². The molecule has 1 amide bonds. The van der Waals surface area contributed by atoms with Gasteiger partial charge in [-0.05, 0) is 31.5 Å². The van der Waals surface area contributed by atoms with Crippen LogP contribution in [0, 0.1) is 5.82 Å². The summed E-state index contributed by atoms with van der Waals surface area (Å²) >= 11 is 0. The van der Waals surface area contributed by atoms with E-state index in [2.05, 4.69) is 0 Å². The van der Waals surface area contributed by atoms with E-state index >= 15 is 0 Å². The standard InChI is InChI=1S/C14H18FNO5S/c1-10(2)22(20,21)9-13(17)16(8-14(18)19)7-11-3-5-12(15)6-4-11/h3-6,10H,7-9H2,1-2H3,(H,18,19). The fourth-order valence-corrected chi connectivity index (χ4v) is 2.50. The number of sulfone groups is 1. The molecular weight excluding hydrogens is 313 g/mol. The third-order valence-electron chi connectivity index (χ3n) is 3.01. The Kier molecular flexibility index (Phi) is 6.04. The highest BCUT2D eigenvalue weighted by Gasteiger charge is 2.25. The van der Waals surface area contributed by atoms with Crippen molar-refractivity contribution in [1.29, 1.82) is 0 Å². The van der Waals surface area contributed by atoms with E-state index in [9.17, 15) is 22.4 Å². The molecule has 1 aromatic rings. The Balaban J connectivity index is 2.90. The van der Waals surface area contributed by atoms with Gasteiger partial charge in [0.05, 0.1) is 5.25 Å². The van der Waals surface area contributed by atoms with Crippen LogP contribution in [-0.2, 0) is 26.0 Å². The van der Waals surface area contributed by atoms with Crippen LogP contribution in [0.2, 0.25) is 0 Å². The first kappa shape index (κ1) is 18.1. The third kappa shape index (κ3) is 5.44. The van der Waals surface area contributed by atoms with Gasteiger partial charge in [0.1, 0.15) is 18.1 Å². The van der Waals surface area contributed by atoms with Crippen molar-refractivity contribution in [3.8, 4) is 0 Å². The summed E-state index contributed by atoms with van der Waals surface area (Å²) < 4.78 is 36.4. The van der Waals surface area contributed by atoms with Crippen molar-refractivity contribution in [1.82, 2.24) is 4.90 Å². The molecule has 22 heavy (non-hydrogen) atoms. The molecule has 8 heteroatoms. The number of carboxylic acids is 1. The van der Waals surface area contributed by atoms with Gasteiger partial charge >= 0.3 is 5.97 Å². The van der Waals surface area contributed by atoms with E-state index in [0.717, 1.165) is 4.90 Å². The summed E-state index contributed by atoms with van der Waals surface area (Å²) in [5.41, 5.74) is 0.512. The highest BCUT2D eigenvalue weighted by atomic mass is 32.2. The van der Waals surface area contributed by atoms with Gasteiger partial charge < -0.3 is 10.0 Å². The molecule has 0 aliphatic rings. The van der Waals surface area contributed by atoms with Crippen molar-refractivity contribution >= 4 is 21.7 Å². The molecule has 0 saturated heterocycles. The van der Waals surface area contributed by atoms with Gasteiger partial charge in [-0.3, -0.25) is 9.59 Å². The largest absolute Gasteiger partial charge is 0.480 e. The predicted molar refractivity (Wildman–Crippen MR) is 78.4 cm³/mol. The summed E-state index contributed by atoms with van der Waals surface area (Å²) in [6, 6.07) is 5.19. The maximum absolute atomic E-state index is 12.9. The highest BCUT2D eigenvalue weighted by molar-refractivity contribution is 7.92. The Hall–Kier alpha value is -1.96. The van der Waals surface area contributed by atoms with Gasteiger partial charge in [0, 0.05) is 6.54 Å². The first-order valence-corrected chi connectivity index (χ1v) is 8.29. The summed E-state index contributed by atoms with van der Waals surface area (Å²) in [6.07, 6.45) is 0. The quantitative estimate of drug-likeness (QED) is 0.807. The Labute approximate surface area is 128 Å². The number of carbonyl (C=O) groups is 2. The normalized spacial score (nSPS) is 11.5. The number of carbonyl (C=O) groups excluding carboxylic acids is 1. The molecule has 1 N–H and O–H groups in total. The monoisotopic (exact) mass is 331 g/mol. The van der Waals surface area contributed by atoms with Gasteiger partial charge in [0.2, 0.25) is 5.91 Å². The molecule has 0 unspecified atom stereocenters. The van der Waals surface area contributed by atoms with E-state index in [1.165, 1.54) is 38.1 Å². The smallest absolute Gasteiger partial charge is 0.323 e. The minimum atomic E-state index is -3.62. The molecule has 0 aliphatic heterocycles. The minimum absolute atomic E-state index is 0.0982. The fraction of sp³-hybridized carbons (Fsp3) is 0.429. The molecule has 0 aliphatic carbocycles. The van der Waals surface area contributed by atoms with Gasteiger partial charge in [0.15, 0.2) is 9.84 Å². The molecule has 0 atom stereocenters. The second kappa shape index (κ2) is 7.35. The third-order valence-corrected chi connectivity index (χ3v) is 5.09. The summed E-state index contributed by atoms with van der Waals surface area (Å²) in [5.74, 6) is -3.25. The lowest BCUT2D eigenvalue weighted by atomic mass is 10.2. The Morgan fingerprint density at radius 1 is 1.23 bits per heavy atom. The lowest BCUT2D eigenvalue weighted by Crippen LogP contribution is -2.40. The highest BCUT2D eigenvalue weighted by Crippen LogP contribution is 2.09. The van der Waals surface area contributed by atoms with Crippen molar-refractivity contribution < 1.29 is 27.5 Å². The number of halogens is 1. The van der Waals surface area contributed by atoms with Crippen molar-refractivity contribution in [3.63, 3.8) is 0 Å². The van der Waals surface area contributed by atoms with Gasteiger partial charge in [-0.25, -0.2) is 12.8 Å².